The molecule has 0 spiro atoms. The Hall–Kier alpha value is 0.190. The van der Waals surface area contributed by atoms with Gasteiger partial charge in [0.15, 0.2) is 0 Å². The lowest BCUT2D eigenvalue weighted by atomic mass is 10.1. The molecule has 0 bridgehead atoms. The Morgan fingerprint density at radius 3 is 2.37 bits per heavy atom. The van der Waals surface area contributed by atoms with Crippen LogP contribution in [-0.4, -0.2) is 15.1 Å². The Balaban J connectivity index is 2.98. The molecular formula is C11H13Br2F2O3P. The molecule has 0 unspecified atom stereocenters. The van der Waals surface area contributed by atoms with Crippen molar-refractivity contribution in [3.8, 4) is 0 Å². The first-order valence-corrected chi connectivity index (χ1v) is 9.01. The number of aryl methyl sites for hydroxylation is 1. The maximum Gasteiger partial charge on any atom is 0.399 e. The van der Waals surface area contributed by atoms with Gasteiger partial charge in [-0.25, -0.2) is 0 Å². The second-order valence-corrected chi connectivity index (χ2v) is 7.34. The van der Waals surface area contributed by atoms with E-state index in [1.807, 2.05) is 0 Å². The van der Waals surface area contributed by atoms with Gasteiger partial charge in [-0.1, -0.05) is 44.0 Å². The lowest BCUT2D eigenvalue weighted by Crippen LogP contribution is -2.14. The van der Waals surface area contributed by atoms with Gasteiger partial charge in [0.1, 0.15) is 0 Å². The highest BCUT2D eigenvalue weighted by molar-refractivity contribution is 9.10. The van der Waals surface area contributed by atoms with Crippen LogP contribution >= 0.6 is 39.5 Å². The Bertz CT molecular complexity index is 491. The molecule has 1 rings (SSSR count). The van der Waals surface area contributed by atoms with Crippen LogP contribution in [0.5, 0.6) is 0 Å². The molecule has 0 radical (unpaired) electrons. The normalized spacial score (nSPS) is 12.7. The summed E-state index contributed by atoms with van der Waals surface area (Å²) in [6, 6.07) is 4.01. The number of rotatable bonds is 6. The zero-order valence-corrected chi connectivity index (χ0v) is 13.9. The van der Waals surface area contributed by atoms with Gasteiger partial charge >= 0.3 is 13.3 Å². The van der Waals surface area contributed by atoms with E-state index in [0.717, 1.165) is 36.2 Å². The fraction of sp³-hybridized carbons (Fsp3) is 0.455. The third-order valence-corrected chi connectivity index (χ3v) is 4.76. The van der Waals surface area contributed by atoms with Gasteiger partial charge in [0.25, 0.3) is 0 Å². The van der Waals surface area contributed by atoms with Crippen molar-refractivity contribution < 1.29 is 23.1 Å². The molecule has 0 saturated carbocycles. The van der Waals surface area contributed by atoms with Crippen LogP contribution in [0.4, 0.5) is 8.78 Å². The molecule has 0 saturated heterocycles. The number of alkyl halides is 3. The predicted molar refractivity (Wildman–Crippen MR) is 76.8 cm³/mol. The minimum absolute atomic E-state index is 0.0113. The van der Waals surface area contributed by atoms with E-state index in [1.165, 1.54) is 12.1 Å². The largest absolute Gasteiger partial charge is 0.399 e. The standard InChI is InChI=1S/C11H13Br2F2O3P/c12-6-2-1-3-8-4-5-9(10(13)7-8)11(14,15)19(16,17)18/h4-5,7H,1-3,6H2,(H2,16,17,18). The molecule has 3 nitrogen and oxygen atoms in total. The molecule has 0 heterocycles. The molecule has 0 aromatic heterocycles. The first kappa shape index (κ1) is 17.2. The van der Waals surface area contributed by atoms with E-state index in [4.69, 9.17) is 9.79 Å². The molecule has 0 aliphatic rings. The lowest BCUT2D eigenvalue weighted by Gasteiger charge is -2.19. The van der Waals surface area contributed by atoms with Crippen molar-refractivity contribution in [1.82, 2.24) is 0 Å². The van der Waals surface area contributed by atoms with Crippen molar-refractivity contribution in [2.75, 3.05) is 5.33 Å². The third kappa shape index (κ3) is 4.33. The summed E-state index contributed by atoms with van der Waals surface area (Å²) >= 11 is 6.25. The van der Waals surface area contributed by atoms with Crippen LogP contribution in [0.1, 0.15) is 24.0 Å². The molecule has 0 aliphatic carbocycles. The summed E-state index contributed by atoms with van der Waals surface area (Å²) in [7, 11) is -5.53. The van der Waals surface area contributed by atoms with Gasteiger partial charge in [-0.05, 0) is 30.9 Å². The summed E-state index contributed by atoms with van der Waals surface area (Å²) in [6.07, 6.45) is 2.61. The first-order valence-electron chi connectivity index (χ1n) is 5.48. The second kappa shape index (κ2) is 6.76. The Morgan fingerprint density at radius 1 is 1.26 bits per heavy atom. The molecule has 0 aliphatic heterocycles. The number of hydrogen-bond acceptors (Lipinski definition) is 1. The summed E-state index contributed by atoms with van der Waals surface area (Å²) in [5.74, 6) is 0. The highest BCUT2D eigenvalue weighted by atomic mass is 79.9. The minimum atomic E-state index is -5.53. The maximum absolute atomic E-state index is 13.6. The average Bonchev–Trinajstić information content (AvgIpc) is 2.27. The van der Waals surface area contributed by atoms with E-state index >= 15 is 0 Å². The lowest BCUT2D eigenvalue weighted by molar-refractivity contribution is 0.0557. The van der Waals surface area contributed by atoms with Crippen LogP contribution in [0.15, 0.2) is 22.7 Å². The van der Waals surface area contributed by atoms with E-state index in [0.29, 0.717) is 0 Å². The topological polar surface area (TPSA) is 57.5 Å². The number of benzene rings is 1. The molecule has 108 valence electrons. The van der Waals surface area contributed by atoms with Gasteiger partial charge in [-0.15, -0.1) is 0 Å². The van der Waals surface area contributed by atoms with Gasteiger partial charge in [0, 0.05) is 15.4 Å². The molecule has 1 aromatic carbocycles. The van der Waals surface area contributed by atoms with Crippen molar-refractivity contribution in [2.45, 2.75) is 24.9 Å². The van der Waals surface area contributed by atoms with Crippen molar-refractivity contribution >= 4 is 39.5 Å². The van der Waals surface area contributed by atoms with Crippen molar-refractivity contribution in [3.63, 3.8) is 0 Å². The zero-order valence-electron chi connectivity index (χ0n) is 9.82. The van der Waals surface area contributed by atoms with Crippen LogP contribution in [0.3, 0.4) is 0 Å². The van der Waals surface area contributed by atoms with E-state index in [1.54, 1.807) is 0 Å². The summed E-state index contributed by atoms with van der Waals surface area (Å²) in [6.45, 7) is 0. The van der Waals surface area contributed by atoms with Crippen LogP contribution in [0.2, 0.25) is 0 Å². The summed E-state index contributed by atoms with van der Waals surface area (Å²) < 4.78 is 38.0. The van der Waals surface area contributed by atoms with E-state index < -0.39 is 18.8 Å². The third-order valence-electron chi connectivity index (χ3n) is 2.57. The summed E-state index contributed by atoms with van der Waals surface area (Å²) in [5.41, 5.74) is -4.02. The summed E-state index contributed by atoms with van der Waals surface area (Å²) in [4.78, 5) is 17.4. The zero-order chi connectivity index (χ0) is 14.7. The number of halogens is 4. The maximum atomic E-state index is 13.6. The van der Waals surface area contributed by atoms with Gasteiger partial charge in [0.2, 0.25) is 0 Å². The molecular weight excluding hydrogens is 409 g/mol. The molecule has 0 amide bonds. The van der Waals surface area contributed by atoms with E-state index in [9.17, 15) is 13.3 Å². The van der Waals surface area contributed by atoms with Crippen LogP contribution in [0.25, 0.3) is 0 Å². The molecule has 0 atom stereocenters. The van der Waals surface area contributed by atoms with Gasteiger partial charge in [-0.3, -0.25) is 4.57 Å². The Kier molecular flexibility index (Phi) is 6.14. The molecule has 1 aromatic rings. The number of unbranched alkanes of at least 4 members (excludes halogenated alkanes) is 1. The average molecular weight is 422 g/mol. The smallest absolute Gasteiger partial charge is 0.320 e. The quantitative estimate of drug-likeness (QED) is 0.406. The predicted octanol–water partition coefficient (Wildman–Crippen LogP) is 4.39. The molecule has 0 fully saturated rings. The van der Waals surface area contributed by atoms with Crippen molar-refractivity contribution in [3.05, 3.63) is 33.8 Å². The Morgan fingerprint density at radius 2 is 1.89 bits per heavy atom. The Labute approximate surface area is 126 Å². The SMILES string of the molecule is O=P(O)(O)C(F)(F)c1ccc(CCCCBr)cc1Br. The van der Waals surface area contributed by atoms with Crippen LogP contribution < -0.4 is 0 Å². The van der Waals surface area contributed by atoms with E-state index in [2.05, 4.69) is 31.9 Å². The highest BCUT2D eigenvalue weighted by Gasteiger charge is 2.51. The number of hydrogen-bond donors (Lipinski definition) is 2. The molecule has 2 N–H and O–H groups in total. The molecule has 8 heteroatoms. The van der Waals surface area contributed by atoms with Gasteiger partial charge in [-0.2, -0.15) is 8.78 Å². The van der Waals surface area contributed by atoms with Crippen molar-refractivity contribution in [1.29, 1.82) is 0 Å². The summed E-state index contributed by atoms with van der Waals surface area (Å²) in [5, 5.41) is 0.878. The van der Waals surface area contributed by atoms with Gasteiger partial charge in [0.05, 0.1) is 0 Å². The van der Waals surface area contributed by atoms with E-state index in [-0.39, 0.29) is 4.47 Å². The second-order valence-electron chi connectivity index (χ2n) is 4.05. The fourth-order valence-corrected chi connectivity index (χ4v) is 3.27. The van der Waals surface area contributed by atoms with Crippen LogP contribution in [0, 0.1) is 0 Å². The van der Waals surface area contributed by atoms with Gasteiger partial charge < -0.3 is 9.79 Å². The minimum Gasteiger partial charge on any atom is -0.320 e. The first-order chi connectivity index (χ1) is 8.70. The fourth-order valence-electron chi connectivity index (χ4n) is 1.54. The van der Waals surface area contributed by atoms with Crippen molar-refractivity contribution in [2.24, 2.45) is 0 Å². The molecule has 19 heavy (non-hydrogen) atoms. The highest BCUT2D eigenvalue weighted by Crippen LogP contribution is 2.60. The van der Waals surface area contributed by atoms with Crippen LogP contribution in [-0.2, 0) is 16.6 Å². The monoisotopic (exact) mass is 420 g/mol.